The van der Waals surface area contributed by atoms with Crippen LogP contribution < -0.4 is 5.32 Å². The van der Waals surface area contributed by atoms with Crippen LogP contribution >= 0.6 is 0 Å². The Bertz CT molecular complexity index is 644. The second-order valence-corrected chi connectivity index (χ2v) is 8.51. The number of carbonyl (C=O) groups is 2. The highest BCUT2D eigenvalue weighted by Crippen LogP contribution is 2.12. The Balaban J connectivity index is 2.21. The van der Waals surface area contributed by atoms with Crippen molar-refractivity contribution in [3.8, 4) is 0 Å². The lowest BCUT2D eigenvalue weighted by molar-refractivity contribution is -0.120. The van der Waals surface area contributed by atoms with Crippen LogP contribution in [0.4, 0.5) is 0 Å². The van der Waals surface area contributed by atoms with Crippen LogP contribution in [0, 0.1) is 0 Å². The van der Waals surface area contributed by atoms with Gasteiger partial charge in [0.15, 0.2) is 0 Å². The first-order valence-electron chi connectivity index (χ1n) is 12.4. The Morgan fingerprint density at radius 2 is 1.50 bits per heavy atom. The predicted octanol–water partition coefficient (Wildman–Crippen LogP) is 5.97. The van der Waals surface area contributed by atoms with E-state index >= 15 is 0 Å². The van der Waals surface area contributed by atoms with E-state index in [-0.39, 0.29) is 12.5 Å². The van der Waals surface area contributed by atoms with Crippen molar-refractivity contribution < 1.29 is 19.4 Å². The van der Waals surface area contributed by atoms with Crippen LogP contribution in [0.3, 0.4) is 0 Å². The number of nitrogens with one attached hydrogen (secondary N) is 1. The van der Waals surface area contributed by atoms with E-state index in [2.05, 4.69) is 12.2 Å². The summed E-state index contributed by atoms with van der Waals surface area (Å²) in [7, 11) is 0. The van der Waals surface area contributed by atoms with Gasteiger partial charge >= 0.3 is 5.97 Å². The molecule has 2 N–H and O–H groups in total. The van der Waals surface area contributed by atoms with E-state index in [4.69, 9.17) is 4.74 Å². The molecule has 0 spiro atoms. The van der Waals surface area contributed by atoms with Crippen LogP contribution in [0.2, 0.25) is 0 Å². The molecule has 0 fully saturated rings. The number of hydrogen-bond donors (Lipinski definition) is 2. The molecule has 0 aliphatic heterocycles. The highest BCUT2D eigenvalue weighted by molar-refractivity contribution is 5.89. The maximum atomic E-state index is 12.1. The summed E-state index contributed by atoms with van der Waals surface area (Å²) in [6.07, 6.45) is 18.0. The van der Waals surface area contributed by atoms with Gasteiger partial charge in [-0.25, -0.2) is 4.79 Å². The summed E-state index contributed by atoms with van der Waals surface area (Å²) in [4.78, 5) is 23.6. The number of ether oxygens (including phenoxy) is 1. The van der Waals surface area contributed by atoms with Gasteiger partial charge < -0.3 is 15.2 Å². The summed E-state index contributed by atoms with van der Waals surface area (Å²) in [6.45, 7) is 3.55. The van der Waals surface area contributed by atoms with Crippen molar-refractivity contribution in [3.63, 3.8) is 0 Å². The topological polar surface area (TPSA) is 75.6 Å². The van der Waals surface area contributed by atoms with Gasteiger partial charge in [-0.3, -0.25) is 4.79 Å². The molecule has 5 nitrogen and oxygen atoms in total. The first-order chi connectivity index (χ1) is 15.5. The summed E-state index contributed by atoms with van der Waals surface area (Å²) in [5.41, 5.74) is 0.440. The normalized spacial score (nSPS) is 13.1. The summed E-state index contributed by atoms with van der Waals surface area (Å²) >= 11 is 0. The van der Waals surface area contributed by atoms with Gasteiger partial charge in [0.1, 0.15) is 6.61 Å². The zero-order valence-electron chi connectivity index (χ0n) is 20.1. The summed E-state index contributed by atoms with van der Waals surface area (Å²) in [5.74, 6) is -0.748. The van der Waals surface area contributed by atoms with Gasteiger partial charge in [-0.1, -0.05) is 101 Å². The van der Waals surface area contributed by atoms with Crippen LogP contribution in [-0.2, 0) is 9.53 Å². The molecule has 0 saturated carbocycles. The first kappa shape index (κ1) is 27.9. The second kappa shape index (κ2) is 18.4. The minimum absolute atomic E-state index is 0.0861. The predicted molar refractivity (Wildman–Crippen MR) is 131 cm³/mol. The lowest BCUT2D eigenvalue weighted by Crippen LogP contribution is -2.45. The fourth-order valence-corrected chi connectivity index (χ4v) is 3.61. The lowest BCUT2D eigenvalue weighted by Gasteiger charge is -2.21. The number of hydrogen-bond acceptors (Lipinski definition) is 4. The minimum atomic E-state index is -0.907. The zero-order chi connectivity index (χ0) is 23.4. The SMILES string of the molecule is CCCCCCCCCCCCC/C=C/[C@@H](O)[C@H](COC(=O)c1ccccc1)NC(C)=O. The monoisotopic (exact) mass is 445 g/mol. The lowest BCUT2D eigenvalue weighted by atomic mass is 10.0. The van der Waals surface area contributed by atoms with Crippen molar-refractivity contribution in [3.05, 3.63) is 48.0 Å². The van der Waals surface area contributed by atoms with E-state index < -0.39 is 18.1 Å². The number of amides is 1. The summed E-state index contributed by atoms with van der Waals surface area (Å²) in [5, 5.41) is 13.1. The third-order valence-corrected chi connectivity index (χ3v) is 5.51. The Morgan fingerprint density at radius 3 is 2.06 bits per heavy atom. The van der Waals surface area contributed by atoms with E-state index in [0.717, 1.165) is 12.8 Å². The number of unbranched alkanes of at least 4 members (excludes halogenated alkanes) is 11. The highest BCUT2D eigenvalue weighted by atomic mass is 16.5. The fraction of sp³-hybridized carbons (Fsp3) is 0.630. The van der Waals surface area contributed by atoms with E-state index in [9.17, 15) is 14.7 Å². The number of esters is 1. The van der Waals surface area contributed by atoms with E-state index in [1.807, 2.05) is 12.1 Å². The third kappa shape index (κ3) is 14.0. The van der Waals surface area contributed by atoms with Gasteiger partial charge in [0.25, 0.3) is 0 Å². The average molecular weight is 446 g/mol. The number of carbonyl (C=O) groups excluding carboxylic acids is 2. The zero-order valence-corrected chi connectivity index (χ0v) is 20.1. The molecule has 0 heterocycles. The molecule has 0 radical (unpaired) electrons. The average Bonchev–Trinajstić information content (AvgIpc) is 2.79. The van der Waals surface area contributed by atoms with E-state index in [0.29, 0.717) is 5.56 Å². The molecule has 0 aromatic heterocycles. The van der Waals surface area contributed by atoms with Gasteiger partial charge in [0, 0.05) is 6.92 Å². The van der Waals surface area contributed by atoms with E-state index in [1.165, 1.54) is 71.1 Å². The van der Waals surface area contributed by atoms with Crippen molar-refractivity contribution in [2.45, 2.75) is 103 Å². The molecular formula is C27H43NO4. The number of allylic oxidation sites excluding steroid dienone is 1. The Hall–Kier alpha value is -2.14. The van der Waals surface area contributed by atoms with Crippen molar-refractivity contribution in [2.24, 2.45) is 0 Å². The maximum absolute atomic E-state index is 12.1. The second-order valence-electron chi connectivity index (χ2n) is 8.51. The largest absolute Gasteiger partial charge is 0.460 e. The van der Waals surface area contributed by atoms with Gasteiger partial charge in [-0.05, 0) is 25.0 Å². The van der Waals surface area contributed by atoms with Crippen LogP contribution in [0.5, 0.6) is 0 Å². The van der Waals surface area contributed by atoms with Gasteiger partial charge in [-0.2, -0.15) is 0 Å². The van der Waals surface area contributed by atoms with Crippen LogP contribution in [0.25, 0.3) is 0 Å². The standard InChI is InChI=1S/C27H43NO4/c1-3-4-5-6-7-8-9-10-11-12-13-14-18-21-26(30)25(28-23(2)29)22-32-27(31)24-19-16-15-17-20-24/h15-21,25-26,30H,3-14,22H2,1-2H3,(H,28,29)/b21-18+/t25-,26+/m0/s1. The number of aliphatic hydroxyl groups excluding tert-OH is 1. The molecule has 1 aromatic carbocycles. The number of rotatable bonds is 18. The number of benzene rings is 1. The molecule has 0 aliphatic rings. The molecule has 1 amide bonds. The maximum Gasteiger partial charge on any atom is 0.338 e. The molecule has 180 valence electrons. The third-order valence-electron chi connectivity index (χ3n) is 5.51. The quantitative estimate of drug-likeness (QED) is 0.166. The first-order valence-corrected chi connectivity index (χ1v) is 12.4. The molecule has 5 heteroatoms. The van der Waals surface area contributed by atoms with Crippen molar-refractivity contribution >= 4 is 11.9 Å². The molecule has 2 atom stereocenters. The Labute approximate surface area is 194 Å². The molecule has 1 aromatic rings. The molecule has 0 unspecified atom stereocenters. The molecule has 0 bridgehead atoms. The van der Waals surface area contributed by atoms with Gasteiger partial charge in [-0.15, -0.1) is 0 Å². The van der Waals surface area contributed by atoms with E-state index in [1.54, 1.807) is 30.3 Å². The van der Waals surface area contributed by atoms with Crippen molar-refractivity contribution in [1.29, 1.82) is 0 Å². The molecule has 0 aliphatic carbocycles. The smallest absolute Gasteiger partial charge is 0.338 e. The van der Waals surface area contributed by atoms with Crippen LogP contribution in [0.15, 0.2) is 42.5 Å². The van der Waals surface area contributed by atoms with Crippen LogP contribution in [0.1, 0.15) is 101 Å². The van der Waals surface area contributed by atoms with Crippen LogP contribution in [-0.4, -0.2) is 35.7 Å². The molecule has 0 saturated heterocycles. The van der Waals surface area contributed by atoms with Crippen molar-refractivity contribution in [1.82, 2.24) is 5.32 Å². The number of aliphatic hydroxyl groups is 1. The molecular weight excluding hydrogens is 402 g/mol. The summed E-state index contributed by atoms with van der Waals surface area (Å²) in [6, 6.07) is 8.00. The fourth-order valence-electron chi connectivity index (χ4n) is 3.61. The van der Waals surface area contributed by atoms with Gasteiger partial charge in [0.2, 0.25) is 5.91 Å². The summed E-state index contributed by atoms with van der Waals surface area (Å²) < 4.78 is 5.28. The molecule has 32 heavy (non-hydrogen) atoms. The van der Waals surface area contributed by atoms with Gasteiger partial charge in [0.05, 0.1) is 17.7 Å². The molecule has 1 rings (SSSR count). The minimum Gasteiger partial charge on any atom is -0.460 e. The Kier molecular flexibility index (Phi) is 16.1. The Morgan fingerprint density at radius 1 is 0.938 bits per heavy atom. The highest BCUT2D eigenvalue weighted by Gasteiger charge is 2.20. The van der Waals surface area contributed by atoms with Crippen molar-refractivity contribution in [2.75, 3.05) is 6.61 Å².